The van der Waals surface area contributed by atoms with Gasteiger partial charge in [-0.1, -0.05) is 19.3 Å². The molecule has 2 fully saturated rings. The highest BCUT2D eigenvalue weighted by atomic mass is 32.2. The molecule has 0 aromatic carbocycles. The smallest absolute Gasteiger partial charge is 0.0774 e. The van der Waals surface area contributed by atoms with E-state index in [0.717, 1.165) is 32.5 Å². The fourth-order valence-corrected chi connectivity index (χ4v) is 4.21. The Bertz CT molecular complexity index is 236. The second kappa shape index (κ2) is 4.87. The second-order valence-corrected chi connectivity index (χ2v) is 7.91. The van der Waals surface area contributed by atoms with E-state index in [1.54, 1.807) is 0 Å². The highest BCUT2D eigenvalue weighted by Crippen LogP contribution is 2.33. The standard InChI is InChI=1S/C13H25NOS/c1-12(2)10-14(8-9-16-12)11-13(15)6-4-3-5-7-13/h15H,3-11H2,1-2H3. The third-order valence-corrected chi connectivity index (χ3v) is 5.10. The van der Waals surface area contributed by atoms with Crippen molar-refractivity contribution in [2.75, 3.05) is 25.4 Å². The summed E-state index contributed by atoms with van der Waals surface area (Å²) in [6.45, 7) is 7.80. The van der Waals surface area contributed by atoms with E-state index in [1.165, 1.54) is 25.0 Å². The zero-order valence-electron chi connectivity index (χ0n) is 10.7. The van der Waals surface area contributed by atoms with E-state index in [0.29, 0.717) is 4.75 Å². The summed E-state index contributed by atoms with van der Waals surface area (Å²) in [7, 11) is 0. The van der Waals surface area contributed by atoms with Crippen molar-refractivity contribution >= 4 is 11.8 Å². The molecular formula is C13H25NOS. The number of rotatable bonds is 2. The molecule has 0 bridgehead atoms. The predicted octanol–water partition coefficient (Wildman–Crippen LogP) is 2.51. The number of β-amino-alcohol motifs (C(OH)–C–C–N with tert-alkyl or cyclic N) is 1. The molecule has 3 heteroatoms. The van der Waals surface area contributed by atoms with Gasteiger partial charge in [-0.25, -0.2) is 0 Å². The van der Waals surface area contributed by atoms with Crippen LogP contribution in [-0.4, -0.2) is 45.7 Å². The van der Waals surface area contributed by atoms with Gasteiger partial charge in [0, 0.05) is 30.1 Å². The molecular weight excluding hydrogens is 218 g/mol. The average molecular weight is 243 g/mol. The molecule has 94 valence electrons. The molecule has 0 atom stereocenters. The number of nitrogens with zero attached hydrogens (tertiary/aromatic N) is 1. The Labute approximate surface area is 104 Å². The Morgan fingerprint density at radius 1 is 1.19 bits per heavy atom. The van der Waals surface area contributed by atoms with Gasteiger partial charge in [-0.3, -0.25) is 4.90 Å². The molecule has 1 aliphatic carbocycles. The van der Waals surface area contributed by atoms with E-state index in [2.05, 4.69) is 30.5 Å². The molecule has 2 nitrogen and oxygen atoms in total. The topological polar surface area (TPSA) is 23.5 Å². The monoisotopic (exact) mass is 243 g/mol. The second-order valence-electron chi connectivity index (χ2n) is 6.10. The summed E-state index contributed by atoms with van der Waals surface area (Å²) in [5.74, 6) is 1.21. The highest BCUT2D eigenvalue weighted by molar-refractivity contribution is 8.00. The Morgan fingerprint density at radius 2 is 1.88 bits per heavy atom. The van der Waals surface area contributed by atoms with Crippen molar-refractivity contribution in [1.29, 1.82) is 0 Å². The van der Waals surface area contributed by atoms with Crippen molar-refractivity contribution in [2.45, 2.75) is 56.3 Å². The van der Waals surface area contributed by atoms with E-state index < -0.39 is 0 Å². The van der Waals surface area contributed by atoms with Crippen molar-refractivity contribution in [3.63, 3.8) is 0 Å². The van der Waals surface area contributed by atoms with Gasteiger partial charge in [-0.05, 0) is 26.7 Å². The molecule has 0 unspecified atom stereocenters. The molecule has 2 aliphatic rings. The van der Waals surface area contributed by atoms with E-state index >= 15 is 0 Å². The van der Waals surface area contributed by atoms with Gasteiger partial charge in [0.1, 0.15) is 0 Å². The van der Waals surface area contributed by atoms with Gasteiger partial charge in [-0.15, -0.1) is 0 Å². The van der Waals surface area contributed by atoms with Gasteiger partial charge in [0.15, 0.2) is 0 Å². The van der Waals surface area contributed by atoms with E-state index in [4.69, 9.17) is 0 Å². The fourth-order valence-electron chi connectivity index (χ4n) is 3.03. The van der Waals surface area contributed by atoms with Crippen molar-refractivity contribution in [3.05, 3.63) is 0 Å². The molecule has 0 aromatic heterocycles. The largest absolute Gasteiger partial charge is 0.389 e. The van der Waals surface area contributed by atoms with Crippen LogP contribution in [-0.2, 0) is 0 Å². The Hall–Kier alpha value is 0.270. The summed E-state index contributed by atoms with van der Waals surface area (Å²) >= 11 is 2.06. The molecule has 0 radical (unpaired) electrons. The maximum absolute atomic E-state index is 10.5. The van der Waals surface area contributed by atoms with Gasteiger partial charge in [0.25, 0.3) is 0 Å². The molecule has 2 rings (SSSR count). The highest BCUT2D eigenvalue weighted by Gasteiger charge is 2.35. The lowest BCUT2D eigenvalue weighted by molar-refractivity contribution is -0.0269. The van der Waals surface area contributed by atoms with Gasteiger partial charge in [0.2, 0.25) is 0 Å². The number of aliphatic hydroxyl groups is 1. The minimum Gasteiger partial charge on any atom is -0.389 e. The maximum atomic E-state index is 10.5. The van der Waals surface area contributed by atoms with Crippen molar-refractivity contribution in [3.8, 4) is 0 Å². The van der Waals surface area contributed by atoms with Gasteiger partial charge in [0.05, 0.1) is 5.60 Å². The van der Waals surface area contributed by atoms with E-state index in [-0.39, 0.29) is 5.60 Å². The normalized spacial score (nSPS) is 30.2. The molecule has 1 heterocycles. The minimum atomic E-state index is -0.379. The van der Waals surface area contributed by atoms with Gasteiger partial charge in [-0.2, -0.15) is 11.8 Å². The van der Waals surface area contributed by atoms with Crippen LogP contribution in [0.1, 0.15) is 46.0 Å². The van der Waals surface area contributed by atoms with Crippen molar-refractivity contribution < 1.29 is 5.11 Å². The maximum Gasteiger partial charge on any atom is 0.0774 e. The molecule has 1 N–H and O–H groups in total. The summed E-state index contributed by atoms with van der Waals surface area (Å²) in [6.07, 6.45) is 5.75. The summed E-state index contributed by atoms with van der Waals surface area (Å²) in [5, 5.41) is 10.5. The van der Waals surface area contributed by atoms with E-state index in [1.807, 2.05) is 0 Å². The zero-order valence-corrected chi connectivity index (χ0v) is 11.5. The quantitative estimate of drug-likeness (QED) is 0.806. The van der Waals surface area contributed by atoms with Crippen LogP contribution >= 0.6 is 11.8 Å². The molecule has 1 aliphatic heterocycles. The first-order chi connectivity index (χ1) is 7.49. The third kappa shape index (κ3) is 3.38. The summed E-state index contributed by atoms with van der Waals surface area (Å²) in [6, 6.07) is 0. The summed E-state index contributed by atoms with van der Waals surface area (Å²) in [4.78, 5) is 2.47. The lowest BCUT2D eigenvalue weighted by Gasteiger charge is -2.42. The van der Waals surface area contributed by atoms with Crippen molar-refractivity contribution in [2.24, 2.45) is 0 Å². The molecule has 0 aromatic rings. The zero-order chi connectivity index (χ0) is 11.6. The van der Waals surface area contributed by atoms with Crippen LogP contribution in [0.15, 0.2) is 0 Å². The van der Waals surface area contributed by atoms with Gasteiger partial charge >= 0.3 is 0 Å². The minimum absolute atomic E-state index is 0.364. The number of thioether (sulfide) groups is 1. The SMILES string of the molecule is CC1(C)CN(CC2(O)CCCCC2)CCS1. The predicted molar refractivity (Wildman–Crippen MR) is 71.0 cm³/mol. The Balaban J connectivity index is 1.88. The molecule has 1 saturated heterocycles. The van der Waals surface area contributed by atoms with Crippen LogP contribution in [0.3, 0.4) is 0 Å². The molecule has 1 saturated carbocycles. The van der Waals surface area contributed by atoms with Crippen molar-refractivity contribution in [1.82, 2.24) is 4.90 Å². The Morgan fingerprint density at radius 3 is 2.50 bits per heavy atom. The van der Waals surface area contributed by atoms with Crippen LogP contribution < -0.4 is 0 Å². The first-order valence-electron chi connectivity index (χ1n) is 6.58. The molecule has 0 spiro atoms. The molecule has 0 amide bonds. The van der Waals surface area contributed by atoms with Crippen LogP contribution in [0.2, 0.25) is 0 Å². The van der Waals surface area contributed by atoms with Crippen LogP contribution in [0.25, 0.3) is 0 Å². The first kappa shape index (κ1) is 12.7. The van der Waals surface area contributed by atoms with Crippen LogP contribution in [0, 0.1) is 0 Å². The van der Waals surface area contributed by atoms with Crippen LogP contribution in [0.5, 0.6) is 0 Å². The number of hydrogen-bond donors (Lipinski definition) is 1. The molecule has 16 heavy (non-hydrogen) atoms. The Kier molecular flexibility index (Phi) is 3.87. The fraction of sp³-hybridized carbons (Fsp3) is 1.00. The average Bonchev–Trinajstić information content (AvgIpc) is 2.16. The van der Waals surface area contributed by atoms with Crippen LogP contribution in [0.4, 0.5) is 0 Å². The lowest BCUT2D eigenvalue weighted by Crippen LogP contribution is -2.51. The lowest BCUT2D eigenvalue weighted by atomic mass is 9.84. The summed E-state index contributed by atoms with van der Waals surface area (Å²) in [5.41, 5.74) is -0.379. The summed E-state index contributed by atoms with van der Waals surface area (Å²) < 4.78 is 0.364. The number of hydrogen-bond acceptors (Lipinski definition) is 3. The van der Waals surface area contributed by atoms with E-state index in [9.17, 15) is 5.11 Å². The van der Waals surface area contributed by atoms with Gasteiger partial charge < -0.3 is 5.11 Å². The third-order valence-electron chi connectivity index (χ3n) is 3.81. The first-order valence-corrected chi connectivity index (χ1v) is 7.56.